The summed E-state index contributed by atoms with van der Waals surface area (Å²) in [6, 6.07) is 2.97. The first-order valence-electron chi connectivity index (χ1n) is 6.10. The third-order valence-electron chi connectivity index (χ3n) is 2.51. The molecule has 1 aromatic carbocycles. The lowest BCUT2D eigenvalue weighted by Gasteiger charge is -2.14. The minimum atomic E-state index is -0.494. The average Bonchev–Trinajstić information content (AvgIpc) is 2.50. The number of thiocarbonyl (C=S) groups is 1. The third-order valence-corrected chi connectivity index (χ3v) is 2.71. The molecule has 0 unspecified atom stereocenters. The Morgan fingerprint density at radius 1 is 1.00 bits per heavy atom. The largest absolute Gasteiger partial charge is 0.493 e. The summed E-state index contributed by atoms with van der Waals surface area (Å²) in [5.74, 6) is 0.225. The number of rotatable bonds is 4. The van der Waals surface area contributed by atoms with Crippen LogP contribution in [0.2, 0.25) is 0 Å². The van der Waals surface area contributed by atoms with Crippen molar-refractivity contribution < 1.29 is 23.8 Å². The van der Waals surface area contributed by atoms with Crippen LogP contribution in [0.25, 0.3) is 0 Å². The summed E-state index contributed by atoms with van der Waals surface area (Å²) < 4.78 is 15.5. The number of carbonyl (C=O) groups is 2. The van der Waals surface area contributed by atoms with Crippen molar-refractivity contribution in [1.29, 1.82) is 0 Å². The molecular weight excluding hydrogens is 310 g/mol. The number of benzene rings is 1. The number of hydrogen-bond acceptors (Lipinski definition) is 6. The third kappa shape index (κ3) is 4.48. The Morgan fingerprint density at radius 2 is 1.55 bits per heavy atom. The van der Waals surface area contributed by atoms with E-state index in [2.05, 4.69) is 16.2 Å². The highest BCUT2D eigenvalue weighted by molar-refractivity contribution is 7.80. The van der Waals surface area contributed by atoms with Crippen LogP contribution < -0.4 is 30.4 Å². The lowest BCUT2D eigenvalue weighted by Crippen LogP contribution is -2.47. The van der Waals surface area contributed by atoms with E-state index in [9.17, 15) is 9.59 Å². The van der Waals surface area contributed by atoms with Crippen LogP contribution in [0.1, 0.15) is 17.3 Å². The minimum Gasteiger partial charge on any atom is -0.493 e. The molecule has 0 saturated carbocycles. The van der Waals surface area contributed by atoms with Gasteiger partial charge in [0.05, 0.1) is 21.3 Å². The van der Waals surface area contributed by atoms with Gasteiger partial charge >= 0.3 is 0 Å². The summed E-state index contributed by atoms with van der Waals surface area (Å²) in [6.45, 7) is 1.30. The second kappa shape index (κ2) is 8.03. The summed E-state index contributed by atoms with van der Waals surface area (Å²) >= 11 is 4.81. The fourth-order valence-corrected chi connectivity index (χ4v) is 1.78. The van der Waals surface area contributed by atoms with Gasteiger partial charge in [-0.3, -0.25) is 20.4 Å². The van der Waals surface area contributed by atoms with E-state index in [0.29, 0.717) is 17.2 Å². The standard InChI is InChI=1S/C13H17N3O5S/c1-7(17)14-13(22)16-15-12(18)8-5-9(19-2)11(21-4)10(6-8)20-3/h5-6H,1-4H3,(H,15,18)(H2,14,16,17,22). The first kappa shape index (κ1) is 17.5. The van der Waals surface area contributed by atoms with Crippen LogP contribution in [0.4, 0.5) is 0 Å². The Bertz CT molecular complexity index is 566. The molecule has 0 aliphatic rings. The molecule has 1 rings (SSSR count). The fraction of sp³-hybridized carbons (Fsp3) is 0.308. The molecule has 8 nitrogen and oxygen atoms in total. The molecule has 0 aliphatic carbocycles. The molecule has 0 fully saturated rings. The maximum Gasteiger partial charge on any atom is 0.269 e. The van der Waals surface area contributed by atoms with Crippen LogP contribution in [0.5, 0.6) is 17.2 Å². The Kier molecular flexibility index (Phi) is 6.39. The van der Waals surface area contributed by atoms with Crippen molar-refractivity contribution >= 4 is 29.1 Å². The van der Waals surface area contributed by atoms with Gasteiger partial charge in [-0.05, 0) is 24.4 Å². The number of methoxy groups -OCH3 is 3. The van der Waals surface area contributed by atoms with Gasteiger partial charge in [0.25, 0.3) is 5.91 Å². The van der Waals surface area contributed by atoms with Crippen LogP contribution in [-0.4, -0.2) is 38.3 Å². The van der Waals surface area contributed by atoms with Gasteiger partial charge in [-0.25, -0.2) is 0 Å². The molecule has 0 spiro atoms. The summed E-state index contributed by atoms with van der Waals surface area (Å²) in [5.41, 5.74) is 5.01. The Balaban J connectivity index is 2.89. The normalized spacial score (nSPS) is 9.45. The van der Waals surface area contributed by atoms with Crippen molar-refractivity contribution in [2.75, 3.05) is 21.3 Å². The molecule has 0 bridgehead atoms. The first-order chi connectivity index (χ1) is 10.4. The molecule has 22 heavy (non-hydrogen) atoms. The fourth-order valence-electron chi connectivity index (χ4n) is 1.59. The molecule has 0 heterocycles. The van der Waals surface area contributed by atoms with E-state index in [1.54, 1.807) is 0 Å². The van der Waals surface area contributed by atoms with Gasteiger partial charge in [-0.1, -0.05) is 0 Å². The van der Waals surface area contributed by atoms with Crippen molar-refractivity contribution in [2.24, 2.45) is 0 Å². The molecule has 0 radical (unpaired) electrons. The van der Waals surface area contributed by atoms with Crippen molar-refractivity contribution in [3.05, 3.63) is 17.7 Å². The van der Waals surface area contributed by atoms with E-state index in [-0.39, 0.29) is 16.6 Å². The van der Waals surface area contributed by atoms with E-state index >= 15 is 0 Å². The second-order valence-electron chi connectivity index (χ2n) is 4.00. The highest BCUT2D eigenvalue weighted by atomic mass is 32.1. The van der Waals surface area contributed by atoms with Crippen LogP contribution in [0.3, 0.4) is 0 Å². The summed E-state index contributed by atoms with van der Waals surface area (Å²) in [6.07, 6.45) is 0. The first-order valence-corrected chi connectivity index (χ1v) is 6.51. The molecule has 0 atom stereocenters. The van der Waals surface area contributed by atoms with Gasteiger partial charge in [0, 0.05) is 12.5 Å². The maximum absolute atomic E-state index is 12.1. The average molecular weight is 327 g/mol. The monoisotopic (exact) mass is 327 g/mol. The molecular formula is C13H17N3O5S. The summed E-state index contributed by atoms with van der Waals surface area (Å²) in [5, 5.41) is 2.29. The van der Waals surface area contributed by atoms with Crippen LogP contribution in [0, 0.1) is 0 Å². The van der Waals surface area contributed by atoms with E-state index < -0.39 is 5.91 Å². The van der Waals surface area contributed by atoms with E-state index in [1.807, 2.05) is 0 Å². The molecule has 1 aromatic rings. The van der Waals surface area contributed by atoms with Crippen molar-refractivity contribution in [3.8, 4) is 17.2 Å². The highest BCUT2D eigenvalue weighted by Crippen LogP contribution is 2.38. The molecule has 0 aliphatic heterocycles. The molecule has 0 saturated heterocycles. The van der Waals surface area contributed by atoms with E-state index in [0.717, 1.165) is 0 Å². The zero-order valence-electron chi connectivity index (χ0n) is 12.6. The number of carbonyl (C=O) groups excluding carboxylic acids is 2. The highest BCUT2D eigenvalue weighted by Gasteiger charge is 2.17. The Labute approximate surface area is 133 Å². The quantitative estimate of drug-likeness (QED) is 0.543. The lowest BCUT2D eigenvalue weighted by molar-refractivity contribution is -0.117. The van der Waals surface area contributed by atoms with E-state index in [4.69, 9.17) is 26.4 Å². The van der Waals surface area contributed by atoms with Gasteiger partial charge in [0.15, 0.2) is 16.6 Å². The molecule has 0 aromatic heterocycles. The molecule has 2 amide bonds. The Morgan fingerprint density at radius 3 is 1.95 bits per heavy atom. The second-order valence-corrected chi connectivity index (χ2v) is 4.41. The van der Waals surface area contributed by atoms with Crippen molar-refractivity contribution in [2.45, 2.75) is 6.92 Å². The summed E-state index contributed by atoms with van der Waals surface area (Å²) in [7, 11) is 4.36. The minimum absolute atomic E-state index is 0.0201. The summed E-state index contributed by atoms with van der Waals surface area (Å²) in [4.78, 5) is 22.9. The number of amides is 2. The van der Waals surface area contributed by atoms with Crippen LogP contribution in [-0.2, 0) is 4.79 Å². The smallest absolute Gasteiger partial charge is 0.269 e. The van der Waals surface area contributed by atoms with Gasteiger partial charge < -0.3 is 19.5 Å². The number of nitrogens with one attached hydrogen (secondary N) is 3. The molecule has 3 N–H and O–H groups in total. The zero-order chi connectivity index (χ0) is 16.7. The van der Waals surface area contributed by atoms with Gasteiger partial charge in [0.1, 0.15) is 0 Å². The SMILES string of the molecule is COc1cc(C(=O)NNC(=S)NC(C)=O)cc(OC)c1OC. The predicted octanol–water partition coefficient (Wildman–Crippen LogP) is 0.368. The van der Waals surface area contributed by atoms with Crippen LogP contribution in [0.15, 0.2) is 12.1 Å². The van der Waals surface area contributed by atoms with Crippen molar-refractivity contribution in [1.82, 2.24) is 16.2 Å². The van der Waals surface area contributed by atoms with Gasteiger partial charge in [0.2, 0.25) is 11.7 Å². The van der Waals surface area contributed by atoms with E-state index in [1.165, 1.54) is 40.4 Å². The number of hydrogen-bond donors (Lipinski definition) is 3. The molecule has 9 heteroatoms. The van der Waals surface area contributed by atoms with Crippen LogP contribution >= 0.6 is 12.2 Å². The topological polar surface area (TPSA) is 97.9 Å². The predicted molar refractivity (Wildman–Crippen MR) is 83.1 cm³/mol. The number of ether oxygens (including phenoxy) is 3. The lowest BCUT2D eigenvalue weighted by atomic mass is 10.1. The number of hydrazine groups is 1. The van der Waals surface area contributed by atoms with Crippen molar-refractivity contribution in [3.63, 3.8) is 0 Å². The Hall–Kier alpha value is -2.55. The van der Waals surface area contributed by atoms with Gasteiger partial charge in [-0.15, -0.1) is 0 Å². The van der Waals surface area contributed by atoms with Gasteiger partial charge in [-0.2, -0.15) is 0 Å². The zero-order valence-corrected chi connectivity index (χ0v) is 13.4. The maximum atomic E-state index is 12.1. The molecule has 120 valence electrons.